The second-order valence-electron chi connectivity index (χ2n) is 4.49. The maximum absolute atomic E-state index is 11.2. The maximum atomic E-state index is 11.2. The SMILES string of the molecule is N#Cc1ncccc1NC1CCCCC1C(=O)O. The molecule has 1 aromatic rings. The number of carbonyl (C=O) groups is 1. The molecule has 2 unspecified atom stereocenters. The molecule has 0 bridgehead atoms. The van der Waals surface area contributed by atoms with Crippen LogP contribution in [0.25, 0.3) is 0 Å². The fourth-order valence-electron chi connectivity index (χ4n) is 2.41. The fourth-order valence-corrected chi connectivity index (χ4v) is 2.41. The Bertz CT molecular complexity index is 481. The van der Waals surface area contributed by atoms with E-state index in [0.717, 1.165) is 19.3 Å². The molecule has 1 aromatic heterocycles. The average molecular weight is 245 g/mol. The minimum atomic E-state index is -0.769. The van der Waals surface area contributed by atoms with Crippen LogP contribution in [0.15, 0.2) is 18.3 Å². The van der Waals surface area contributed by atoms with Crippen LogP contribution in [-0.4, -0.2) is 22.1 Å². The molecule has 0 amide bonds. The highest BCUT2D eigenvalue weighted by atomic mass is 16.4. The Balaban J connectivity index is 2.16. The first-order valence-corrected chi connectivity index (χ1v) is 6.07. The number of hydrogen-bond donors (Lipinski definition) is 2. The molecule has 1 heterocycles. The summed E-state index contributed by atoms with van der Waals surface area (Å²) in [5, 5.41) is 21.3. The summed E-state index contributed by atoms with van der Waals surface area (Å²) in [6, 6.07) is 5.39. The third kappa shape index (κ3) is 2.59. The van der Waals surface area contributed by atoms with Gasteiger partial charge in [-0.2, -0.15) is 5.26 Å². The first-order valence-electron chi connectivity index (χ1n) is 6.07. The number of nitriles is 1. The van der Waals surface area contributed by atoms with Gasteiger partial charge in [-0.15, -0.1) is 0 Å². The van der Waals surface area contributed by atoms with E-state index >= 15 is 0 Å². The summed E-state index contributed by atoms with van der Waals surface area (Å²) in [5.41, 5.74) is 0.936. The van der Waals surface area contributed by atoms with Crippen LogP contribution in [0.4, 0.5) is 5.69 Å². The van der Waals surface area contributed by atoms with E-state index in [1.165, 1.54) is 0 Å². The lowest BCUT2D eigenvalue weighted by atomic mass is 9.84. The Hall–Kier alpha value is -2.09. The molecule has 1 aliphatic rings. The van der Waals surface area contributed by atoms with Gasteiger partial charge in [-0.3, -0.25) is 4.79 Å². The van der Waals surface area contributed by atoms with E-state index in [1.54, 1.807) is 18.3 Å². The quantitative estimate of drug-likeness (QED) is 0.850. The molecule has 0 saturated heterocycles. The summed E-state index contributed by atoms with van der Waals surface area (Å²) in [6.07, 6.45) is 5.03. The molecule has 0 radical (unpaired) electrons. The number of rotatable bonds is 3. The second kappa shape index (κ2) is 5.50. The van der Waals surface area contributed by atoms with Crippen LogP contribution in [0.2, 0.25) is 0 Å². The van der Waals surface area contributed by atoms with Crippen molar-refractivity contribution in [2.75, 3.05) is 5.32 Å². The Morgan fingerprint density at radius 1 is 1.50 bits per heavy atom. The van der Waals surface area contributed by atoms with E-state index in [2.05, 4.69) is 10.3 Å². The van der Waals surface area contributed by atoms with E-state index in [-0.39, 0.29) is 12.0 Å². The number of pyridine rings is 1. The van der Waals surface area contributed by atoms with Gasteiger partial charge in [-0.1, -0.05) is 12.8 Å². The van der Waals surface area contributed by atoms with E-state index in [0.29, 0.717) is 17.8 Å². The molecule has 2 rings (SSSR count). The molecule has 2 N–H and O–H groups in total. The van der Waals surface area contributed by atoms with E-state index in [1.807, 2.05) is 6.07 Å². The second-order valence-corrected chi connectivity index (χ2v) is 4.49. The molecule has 5 heteroatoms. The number of carboxylic acids is 1. The summed E-state index contributed by atoms with van der Waals surface area (Å²) >= 11 is 0. The van der Waals surface area contributed by atoms with Gasteiger partial charge in [0.2, 0.25) is 0 Å². The van der Waals surface area contributed by atoms with Gasteiger partial charge < -0.3 is 10.4 Å². The Morgan fingerprint density at radius 3 is 3.00 bits per heavy atom. The van der Waals surface area contributed by atoms with Crippen LogP contribution < -0.4 is 5.32 Å². The smallest absolute Gasteiger partial charge is 0.308 e. The molecular formula is C13H15N3O2. The zero-order chi connectivity index (χ0) is 13.0. The predicted octanol–water partition coefficient (Wildman–Crippen LogP) is 2.01. The molecular weight excluding hydrogens is 230 g/mol. The molecule has 0 aliphatic heterocycles. The van der Waals surface area contributed by atoms with Crippen LogP contribution in [0.1, 0.15) is 31.4 Å². The van der Waals surface area contributed by atoms with Crippen molar-refractivity contribution in [1.29, 1.82) is 5.26 Å². The molecule has 0 aromatic carbocycles. The van der Waals surface area contributed by atoms with Crippen LogP contribution in [0.5, 0.6) is 0 Å². The van der Waals surface area contributed by atoms with E-state index in [9.17, 15) is 9.90 Å². The van der Waals surface area contributed by atoms with Crippen molar-refractivity contribution in [1.82, 2.24) is 4.98 Å². The van der Waals surface area contributed by atoms with Crippen LogP contribution >= 0.6 is 0 Å². The van der Waals surface area contributed by atoms with Crippen molar-refractivity contribution >= 4 is 11.7 Å². The summed E-state index contributed by atoms with van der Waals surface area (Å²) in [7, 11) is 0. The van der Waals surface area contributed by atoms with Crippen LogP contribution in [0, 0.1) is 17.2 Å². The number of aliphatic carboxylic acids is 1. The van der Waals surface area contributed by atoms with Gasteiger partial charge in [0.05, 0.1) is 11.6 Å². The zero-order valence-corrected chi connectivity index (χ0v) is 9.97. The Kier molecular flexibility index (Phi) is 3.78. The molecule has 18 heavy (non-hydrogen) atoms. The molecule has 5 nitrogen and oxygen atoms in total. The lowest BCUT2D eigenvalue weighted by Gasteiger charge is -2.30. The lowest BCUT2D eigenvalue weighted by Crippen LogP contribution is -2.37. The van der Waals surface area contributed by atoms with Crippen molar-refractivity contribution < 1.29 is 9.90 Å². The third-order valence-corrected chi connectivity index (χ3v) is 3.34. The fraction of sp³-hybridized carbons (Fsp3) is 0.462. The third-order valence-electron chi connectivity index (χ3n) is 3.34. The van der Waals surface area contributed by atoms with Crippen molar-refractivity contribution in [3.8, 4) is 6.07 Å². The standard InChI is InChI=1S/C13H15N3O2/c14-8-12-11(6-3-7-15-12)16-10-5-2-1-4-9(10)13(17)18/h3,6-7,9-10,16H,1-2,4-5H2,(H,17,18). The normalized spacial score (nSPS) is 23.1. The van der Waals surface area contributed by atoms with Gasteiger partial charge in [0.1, 0.15) is 6.07 Å². The number of aromatic nitrogens is 1. The summed E-state index contributed by atoms with van der Waals surface area (Å²) in [5.74, 6) is -1.15. The van der Waals surface area contributed by atoms with Gasteiger partial charge in [0, 0.05) is 12.2 Å². The molecule has 0 spiro atoms. The first kappa shape index (κ1) is 12.4. The van der Waals surface area contributed by atoms with Gasteiger partial charge in [0.25, 0.3) is 0 Å². The van der Waals surface area contributed by atoms with E-state index < -0.39 is 5.97 Å². The number of carboxylic acid groups (broad SMARTS) is 1. The van der Waals surface area contributed by atoms with Gasteiger partial charge in [-0.05, 0) is 25.0 Å². The van der Waals surface area contributed by atoms with Crippen molar-refractivity contribution in [2.24, 2.45) is 5.92 Å². The van der Waals surface area contributed by atoms with E-state index in [4.69, 9.17) is 5.26 Å². The van der Waals surface area contributed by atoms with Crippen LogP contribution in [-0.2, 0) is 4.79 Å². The van der Waals surface area contributed by atoms with Crippen molar-refractivity contribution in [2.45, 2.75) is 31.7 Å². The monoisotopic (exact) mass is 245 g/mol. The van der Waals surface area contributed by atoms with Gasteiger partial charge in [0.15, 0.2) is 5.69 Å². The Morgan fingerprint density at radius 2 is 2.28 bits per heavy atom. The molecule has 1 saturated carbocycles. The summed E-state index contributed by atoms with van der Waals surface area (Å²) in [6.45, 7) is 0. The van der Waals surface area contributed by atoms with Crippen LogP contribution in [0.3, 0.4) is 0 Å². The topological polar surface area (TPSA) is 86.0 Å². The summed E-state index contributed by atoms with van der Waals surface area (Å²) in [4.78, 5) is 15.2. The summed E-state index contributed by atoms with van der Waals surface area (Å²) < 4.78 is 0. The highest BCUT2D eigenvalue weighted by molar-refractivity contribution is 5.72. The Labute approximate surface area is 105 Å². The highest BCUT2D eigenvalue weighted by Crippen LogP contribution is 2.28. The molecule has 1 aliphatic carbocycles. The minimum absolute atomic E-state index is 0.118. The largest absolute Gasteiger partial charge is 0.481 e. The predicted molar refractivity (Wildman–Crippen MR) is 66.0 cm³/mol. The number of nitrogens with one attached hydrogen (secondary N) is 1. The number of nitrogens with zero attached hydrogens (tertiary/aromatic N) is 2. The van der Waals surface area contributed by atoms with Gasteiger partial charge >= 0.3 is 5.97 Å². The van der Waals surface area contributed by atoms with Gasteiger partial charge in [-0.25, -0.2) is 4.98 Å². The number of hydrogen-bond acceptors (Lipinski definition) is 4. The van der Waals surface area contributed by atoms with Crippen molar-refractivity contribution in [3.63, 3.8) is 0 Å². The molecule has 2 atom stereocenters. The first-order chi connectivity index (χ1) is 8.72. The van der Waals surface area contributed by atoms with Crippen molar-refractivity contribution in [3.05, 3.63) is 24.0 Å². The maximum Gasteiger partial charge on any atom is 0.308 e. The zero-order valence-electron chi connectivity index (χ0n) is 9.97. The minimum Gasteiger partial charge on any atom is -0.481 e. The molecule has 94 valence electrons. The lowest BCUT2D eigenvalue weighted by molar-refractivity contribution is -0.143. The average Bonchev–Trinajstić information content (AvgIpc) is 2.40. The molecule has 1 fully saturated rings. The highest BCUT2D eigenvalue weighted by Gasteiger charge is 2.31. The number of anilines is 1.